The molecule has 0 bridgehead atoms. The standard InChI is InChI=1S/C10H17N3O2S/c14-16(15)8-3-10(9-16)11-4-1-6-13-7-2-5-12-13/h2,5,7,10-11H,1,3-4,6,8-9H2. The van der Waals surface area contributed by atoms with Crippen LogP contribution in [0, 0.1) is 0 Å². The molecular weight excluding hydrogens is 226 g/mol. The largest absolute Gasteiger partial charge is 0.313 e. The average molecular weight is 243 g/mol. The Bertz CT molecular complexity index is 413. The summed E-state index contributed by atoms with van der Waals surface area (Å²) in [6, 6.07) is 2.05. The monoisotopic (exact) mass is 243 g/mol. The highest BCUT2D eigenvalue weighted by Crippen LogP contribution is 2.10. The Morgan fingerprint density at radius 2 is 2.38 bits per heavy atom. The molecule has 1 aliphatic rings. The summed E-state index contributed by atoms with van der Waals surface area (Å²) in [5, 5.41) is 7.38. The summed E-state index contributed by atoms with van der Waals surface area (Å²) in [6.45, 7) is 1.72. The maximum Gasteiger partial charge on any atom is 0.151 e. The van der Waals surface area contributed by atoms with Gasteiger partial charge in [0, 0.05) is 25.0 Å². The van der Waals surface area contributed by atoms with E-state index in [0.717, 1.165) is 25.9 Å². The molecule has 0 amide bonds. The first-order valence-electron chi connectivity index (χ1n) is 5.57. The molecule has 0 saturated carbocycles. The van der Waals surface area contributed by atoms with Gasteiger partial charge in [-0.15, -0.1) is 0 Å². The second kappa shape index (κ2) is 4.97. The Morgan fingerprint density at radius 1 is 1.50 bits per heavy atom. The average Bonchev–Trinajstić information content (AvgIpc) is 2.82. The third-order valence-electron chi connectivity index (χ3n) is 2.79. The van der Waals surface area contributed by atoms with Crippen molar-refractivity contribution in [2.45, 2.75) is 25.4 Å². The van der Waals surface area contributed by atoms with Crippen LogP contribution in [-0.2, 0) is 16.4 Å². The first-order chi connectivity index (χ1) is 7.66. The molecule has 1 atom stereocenters. The Labute approximate surface area is 95.8 Å². The normalized spacial score (nSPS) is 23.6. The number of hydrogen-bond acceptors (Lipinski definition) is 4. The quantitative estimate of drug-likeness (QED) is 0.742. The van der Waals surface area contributed by atoms with Crippen molar-refractivity contribution in [2.75, 3.05) is 18.1 Å². The zero-order valence-corrected chi connectivity index (χ0v) is 9.99. The van der Waals surface area contributed by atoms with E-state index in [0.29, 0.717) is 11.5 Å². The number of nitrogens with zero attached hydrogens (tertiary/aromatic N) is 2. The van der Waals surface area contributed by atoms with E-state index >= 15 is 0 Å². The Balaban J connectivity index is 1.62. The lowest BCUT2D eigenvalue weighted by Gasteiger charge is -2.10. The van der Waals surface area contributed by atoms with Gasteiger partial charge in [-0.1, -0.05) is 0 Å². The number of sulfone groups is 1. The molecule has 0 aromatic carbocycles. The second-order valence-corrected chi connectivity index (χ2v) is 6.41. The topological polar surface area (TPSA) is 64.0 Å². The van der Waals surface area contributed by atoms with Crippen LogP contribution in [0.3, 0.4) is 0 Å². The van der Waals surface area contributed by atoms with Crippen molar-refractivity contribution in [1.82, 2.24) is 15.1 Å². The summed E-state index contributed by atoms with van der Waals surface area (Å²) in [6.07, 6.45) is 5.42. The highest BCUT2D eigenvalue weighted by atomic mass is 32.2. The molecule has 0 aliphatic carbocycles. The van der Waals surface area contributed by atoms with Crippen molar-refractivity contribution in [3.63, 3.8) is 0 Å². The summed E-state index contributed by atoms with van der Waals surface area (Å²) >= 11 is 0. The molecule has 1 fully saturated rings. The molecule has 1 aromatic rings. The molecule has 6 heteroatoms. The lowest BCUT2D eigenvalue weighted by Crippen LogP contribution is -2.31. The van der Waals surface area contributed by atoms with Crippen molar-refractivity contribution >= 4 is 9.84 Å². The molecule has 2 heterocycles. The molecule has 1 aliphatic heterocycles. The van der Waals surface area contributed by atoms with Crippen molar-refractivity contribution in [3.8, 4) is 0 Å². The Kier molecular flexibility index (Phi) is 3.60. The first-order valence-corrected chi connectivity index (χ1v) is 7.39. The Hall–Kier alpha value is -0.880. The molecule has 2 rings (SSSR count). The van der Waals surface area contributed by atoms with Crippen LogP contribution in [0.4, 0.5) is 0 Å². The predicted molar refractivity (Wildman–Crippen MR) is 61.9 cm³/mol. The van der Waals surface area contributed by atoms with Crippen LogP contribution in [0.15, 0.2) is 18.5 Å². The van der Waals surface area contributed by atoms with E-state index in [2.05, 4.69) is 10.4 Å². The fraction of sp³-hybridized carbons (Fsp3) is 0.700. The van der Waals surface area contributed by atoms with E-state index in [-0.39, 0.29) is 6.04 Å². The molecule has 0 spiro atoms. The molecule has 90 valence electrons. The highest BCUT2D eigenvalue weighted by Gasteiger charge is 2.26. The smallest absolute Gasteiger partial charge is 0.151 e. The van der Waals surface area contributed by atoms with E-state index in [1.54, 1.807) is 6.20 Å². The van der Waals surface area contributed by atoms with E-state index in [1.807, 2.05) is 16.9 Å². The SMILES string of the molecule is O=S1(=O)CCC(NCCCn2cccn2)C1. The third-order valence-corrected chi connectivity index (χ3v) is 4.56. The molecular formula is C10H17N3O2S. The van der Waals surface area contributed by atoms with Crippen LogP contribution in [0.2, 0.25) is 0 Å². The number of nitrogens with one attached hydrogen (secondary N) is 1. The van der Waals surface area contributed by atoms with Gasteiger partial charge in [-0.05, 0) is 25.5 Å². The van der Waals surface area contributed by atoms with Gasteiger partial charge in [0.2, 0.25) is 0 Å². The fourth-order valence-electron chi connectivity index (χ4n) is 1.94. The van der Waals surface area contributed by atoms with Gasteiger partial charge in [0.1, 0.15) is 0 Å². The number of hydrogen-bond donors (Lipinski definition) is 1. The van der Waals surface area contributed by atoms with Gasteiger partial charge >= 0.3 is 0 Å². The van der Waals surface area contributed by atoms with Gasteiger partial charge in [-0.3, -0.25) is 4.68 Å². The minimum absolute atomic E-state index is 0.155. The van der Waals surface area contributed by atoms with Gasteiger partial charge < -0.3 is 5.32 Å². The summed E-state index contributed by atoms with van der Waals surface area (Å²) in [4.78, 5) is 0. The van der Waals surface area contributed by atoms with Crippen molar-refractivity contribution < 1.29 is 8.42 Å². The van der Waals surface area contributed by atoms with Crippen molar-refractivity contribution in [3.05, 3.63) is 18.5 Å². The van der Waals surface area contributed by atoms with Gasteiger partial charge in [0.15, 0.2) is 9.84 Å². The first kappa shape index (κ1) is 11.6. The third kappa shape index (κ3) is 3.31. The fourth-order valence-corrected chi connectivity index (χ4v) is 3.64. The van der Waals surface area contributed by atoms with Crippen LogP contribution in [0.25, 0.3) is 0 Å². The number of rotatable bonds is 5. The van der Waals surface area contributed by atoms with Gasteiger partial charge in [-0.2, -0.15) is 5.10 Å². The van der Waals surface area contributed by atoms with Crippen molar-refractivity contribution in [2.24, 2.45) is 0 Å². The summed E-state index contributed by atoms with van der Waals surface area (Å²) in [5.74, 6) is 0.637. The molecule has 1 aromatic heterocycles. The van der Waals surface area contributed by atoms with Gasteiger partial charge in [0.05, 0.1) is 11.5 Å². The van der Waals surface area contributed by atoms with Crippen molar-refractivity contribution in [1.29, 1.82) is 0 Å². The molecule has 0 radical (unpaired) electrons. The zero-order chi connectivity index (χ0) is 11.4. The summed E-state index contributed by atoms with van der Waals surface area (Å²) in [7, 11) is -2.76. The number of aromatic nitrogens is 2. The van der Waals surface area contributed by atoms with E-state index < -0.39 is 9.84 Å². The zero-order valence-electron chi connectivity index (χ0n) is 9.17. The van der Waals surface area contributed by atoms with E-state index in [4.69, 9.17) is 0 Å². The van der Waals surface area contributed by atoms with E-state index in [1.165, 1.54) is 0 Å². The minimum atomic E-state index is -2.76. The van der Waals surface area contributed by atoms with Gasteiger partial charge in [0.25, 0.3) is 0 Å². The molecule has 16 heavy (non-hydrogen) atoms. The van der Waals surface area contributed by atoms with Crippen LogP contribution in [0.5, 0.6) is 0 Å². The predicted octanol–water partition coefficient (Wildman–Crippen LogP) is 0.0499. The summed E-state index contributed by atoms with van der Waals surface area (Å²) in [5.41, 5.74) is 0. The summed E-state index contributed by atoms with van der Waals surface area (Å²) < 4.78 is 24.3. The van der Waals surface area contributed by atoms with E-state index in [9.17, 15) is 8.42 Å². The molecule has 1 N–H and O–H groups in total. The highest BCUT2D eigenvalue weighted by molar-refractivity contribution is 7.91. The van der Waals surface area contributed by atoms with Gasteiger partial charge in [-0.25, -0.2) is 8.42 Å². The lowest BCUT2D eigenvalue weighted by atomic mass is 10.2. The molecule has 1 unspecified atom stereocenters. The second-order valence-electron chi connectivity index (χ2n) is 4.18. The maximum absolute atomic E-state index is 11.2. The Morgan fingerprint density at radius 3 is 3.00 bits per heavy atom. The van der Waals surface area contributed by atoms with Crippen LogP contribution in [-0.4, -0.2) is 42.3 Å². The number of aryl methyl sites for hydroxylation is 1. The van der Waals surface area contributed by atoms with Crippen LogP contribution < -0.4 is 5.32 Å². The van der Waals surface area contributed by atoms with Crippen LogP contribution in [0.1, 0.15) is 12.8 Å². The molecule has 5 nitrogen and oxygen atoms in total. The van der Waals surface area contributed by atoms with Crippen LogP contribution >= 0.6 is 0 Å². The minimum Gasteiger partial charge on any atom is -0.313 e. The lowest BCUT2D eigenvalue weighted by molar-refractivity contribution is 0.500. The maximum atomic E-state index is 11.2. The molecule has 1 saturated heterocycles.